The largest absolute Gasteiger partial charge is 0.318 e. The Bertz CT molecular complexity index is 1160. The number of nitrogens with zero attached hydrogens (tertiary/aromatic N) is 4. The van der Waals surface area contributed by atoms with Gasteiger partial charge in [0.25, 0.3) is 11.7 Å². The third-order valence-electron chi connectivity index (χ3n) is 3.69. The maximum atomic E-state index is 12.7. The minimum absolute atomic E-state index is 0.0350. The highest BCUT2D eigenvalue weighted by Crippen LogP contribution is 2.22. The van der Waals surface area contributed by atoms with Crippen molar-refractivity contribution in [3.05, 3.63) is 47.5 Å². The number of nitrogens with one attached hydrogen (secondary N) is 2. The van der Waals surface area contributed by atoms with Crippen LogP contribution in [0.15, 0.2) is 35.2 Å². The first-order valence-electron chi connectivity index (χ1n) is 8.62. The van der Waals surface area contributed by atoms with Gasteiger partial charge in [0.1, 0.15) is 4.90 Å². The van der Waals surface area contributed by atoms with Gasteiger partial charge in [-0.3, -0.25) is 4.79 Å². The van der Waals surface area contributed by atoms with Crippen LogP contribution < -0.4 is 10.0 Å². The van der Waals surface area contributed by atoms with E-state index in [9.17, 15) is 13.2 Å². The second-order valence-electron chi connectivity index (χ2n) is 7.49. The molecule has 0 radical (unpaired) electrons. The number of sulfonamides is 1. The molecule has 2 heterocycles. The molecule has 0 saturated carbocycles. The molecular weight excluding hydrogens is 380 g/mol. The number of amides is 1. The molecule has 0 saturated heterocycles. The lowest BCUT2D eigenvalue weighted by atomic mass is 10.1. The second kappa shape index (κ2) is 6.95. The molecule has 10 heteroatoms. The lowest BCUT2D eigenvalue weighted by molar-refractivity contribution is 0.101. The Labute approximate surface area is 163 Å². The number of carbonyl (C=O) groups excluding carboxylic acids is 1. The van der Waals surface area contributed by atoms with E-state index in [0.717, 1.165) is 11.4 Å². The summed E-state index contributed by atoms with van der Waals surface area (Å²) < 4.78 is 29.4. The van der Waals surface area contributed by atoms with E-state index in [1.165, 1.54) is 16.6 Å². The number of para-hydroxylation sites is 1. The molecule has 28 heavy (non-hydrogen) atoms. The average molecular weight is 402 g/mol. The number of fused-ring (bicyclic) bond motifs is 1. The summed E-state index contributed by atoms with van der Waals surface area (Å²) >= 11 is 0. The van der Waals surface area contributed by atoms with Crippen molar-refractivity contribution in [2.24, 2.45) is 0 Å². The molecule has 0 aliphatic carbocycles. The maximum Gasteiger partial charge on any atom is 0.295 e. The van der Waals surface area contributed by atoms with E-state index in [2.05, 4.69) is 25.1 Å². The summed E-state index contributed by atoms with van der Waals surface area (Å²) in [5.74, 6) is -0.420. The highest BCUT2D eigenvalue weighted by Gasteiger charge is 2.25. The molecular formula is C18H22N6O3S. The van der Waals surface area contributed by atoms with Crippen LogP contribution in [0.5, 0.6) is 0 Å². The lowest BCUT2D eigenvalue weighted by Gasteiger charge is -2.21. The minimum atomic E-state index is -3.84. The number of anilines is 1. The fourth-order valence-corrected chi connectivity index (χ4v) is 4.29. The van der Waals surface area contributed by atoms with E-state index in [1.54, 1.807) is 32.9 Å². The summed E-state index contributed by atoms with van der Waals surface area (Å²) in [6, 6.07) is 7.99. The fraction of sp³-hybridized carbons (Fsp3) is 0.333. The van der Waals surface area contributed by atoms with Crippen LogP contribution in [0, 0.1) is 13.8 Å². The van der Waals surface area contributed by atoms with Gasteiger partial charge in [0, 0.05) is 16.9 Å². The number of aromatic nitrogens is 4. The molecule has 0 fully saturated rings. The Kier molecular flexibility index (Phi) is 4.94. The van der Waals surface area contributed by atoms with Crippen molar-refractivity contribution >= 4 is 27.4 Å². The van der Waals surface area contributed by atoms with Crippen molar-refractivity contribution in [1.82, 2.24) is 24.3 Å². The van der Waals surface area contributed by atoms with Crippen molar-refractivity contribution in [2.45, 2.75) is 45.1 Å². The summed E-state index contributed by atoms with van der Waals surface area (Å²) in [6.45, 7) is 8.87. The standard InChI is InChI=1S/C18H22N6O3S/c1-11-10-12(2)24-17(19-11)21-15(22-24)16(25)20-13-8-6-7-9-14(13)28(26,27)23-18(3,4)5/h6-10,23H,1-5H3,(H,20,25). The highest BCUT2D eigenvalue weighted by atomic mass is 32.2. The molecule has 3 aromatic rings. The average Bonchev–Trinajstić information content (AvgIpc) is 2.97. The van der Waals surface area contributed by atoms with Gasteiger partial charge in [-0.1, -0.05) is 12.1 Å². The topological polar surface area (TPSA) is 118 Å². The third kappa shape index (κ3) is 4.18. The Hall–Kier alpha value is -2.85. The van der Waals surface area contributed by atoms with Gasteiger partial charge in [-0.05, 0) is 52.8 Å². The highest BCUT2D eigenvalue weighted by molar-refractivity contribution is 7.89. The van der Waals surface area contributed by atoms with Gasteiger partial charge >= 0.3 is 0 Å². The zero-order chi connectivity index (χ0) is 20.7. The monoisotopic (exact) mass is 402 g/mol. The van der Waals surface area contributed by atoms with E-state index >= 15 is 0 Å². The van der Waals surface area contributed by atoms with Crippen LogP contribution in [-0.4, -0.2) is 39.4 Å². The normalized spacial score (nSPS) is 12.3. The zero-order valence-electron chi connectivity index (χ0n) is 16.3. The van der Waals surface area contributed by atoms with Gasteiger partial charge < -0.3 is 5.32 Å². The first-order valence-corrected chi connectivity index (χ1v) is 10.1. The van der Waals surface area contributed by atoms with Crippen LogP contribution in [0.3, 0.4) is 0 Å². The fourth-order valence-electron chi connectivity index (χ4n) is 2.70. The summed E-state index contributed by atoms with van der Waals surface area (Å²) in [6.07, 6.45) is 0. The number of carbonyl (C=O) groups is 1. The predicted molar refractivity (Wildman–Crippen MR) is 105 cm³/mol. The van der Waals surface area contributed by atoms with Gasteiger partial charge in [-0.25, -0.2) is 22.6 Å². The molecule has 0 unspecified atom stereocenters. The molecule has 0 aliphatic rings. The van der Waals surface area contributed by atoms with E-state index in [4.69, 9.17) is 0 Å². The molecule has 148 valence electrons. The molecule has 1 amide bonds. The first-order chi connectivity index (χ1) is 13.0. The molecule has 9 nitrogen and oxygen atoms in total. The van der Waals surface area contributed by atoms with E-state index in [0.29, 0.717) is 5.78 Å². The van der Waals surface area contributed by atoms with E-state index in [-0.39, 0.29) is 16.4 Å². The number of hydrogen-bond donors (Lipinski definition) is 2. The molecule has 3 rings (SSSR count). The predicted octanol–water partition coefficient (Wildman–Crippen LogP) is 2.07. The summed E-state index contributed by atoms with van der Waals surface area (Å²) in [7, 11) is -3.84. The lowest BCUT2D eigenvalue weighted by Crippen LogP contribution is -2.40. The van der Waals surface area contributed by atoms with E-state index in [1.807, 2.05) is 19.9 Å². The number of benzene rings is 1. The van der Waals surface area contributed by atoms with Gasteiger partial charge in [-0.15, -0.1) is 5.10 Å². The zero-order valence-corrected chi connectivity index (χ0v) is 17.1. The van der Waals surface area contributed by atoms with Crippen LogP contribution in [0.25, 0.3) is 5.78 Å². The van der Waals surface area contributed by atoms with Crippen molar-refractivity contribution in [1.29, 1.82) is 0 Å². The Morgan fingerprint density at radius 1 is 1.11 bits per heavy atom. The molecule has 2 N–H and O–H groups in total. The molecule has 0 aliphatic heterocycles. The molecule has 0 atom stereocenters. The second-order valence-corrected chi connectivity index (χ2v) is 9.14. The van der Waals surface area contributed by atoms with Gasteiger partial charge in [-0.2, -0.15) is 4.98 Å². The summed E-state index contributed by atoms with van der Waals surface area (Å²) in [4.78, 5) is 21.0. The van der Waals surface area contributed by atoms with Crippen molar-refractivity contribution in [2.75, 3.05) is 5.32 Å². The van der Waals surface area contributed by atoms with Crippen molar-refractivity contribution < 1.29 is 13.2 Å². The van der Waals surface area contributed by atoms with Crippen LogP contribution in [0.4, 0.5) is 5.69 Å². The quantitative estimate of drug-likeness (QED) is 0.690. The van der Waals surface area contributed by atoms with Crippen molar-refractivity contribution in [3.63, 3.8) is 0 Å². The van der Waals surface area contributed by atoms with Crippen LogP contribution in [0.2, 0.25) is 0 Å². The summed E-state index contributed by atoms with van der Waals surface area (Å²) in [5, 5.41) is 6.76. The Morgan fingerprint density at radius 2 is 1.79 bits per heavy atom. The molecule has 0 bridgehead atoms. The van der Waals surface area contributed by atoms with Crippen molar-refractivity contribution in [3.8, 4) is 0 Å². The van der Waals surface area contributed by atoms with Crippen LogP contribution in [0.1, 0.15) is 42.8 Å². The van der Waals surface area contributed by atoms with Gasteiger partial charge in [0.2, 0.25) is 15.8 Å². The number of aryl methyl sites for hydroxylation is 2. The number of rotatable bonds is 4. The molecule has 0 spiro atoms. The third-order valence-corrected chi connectivity index (χ3v) is 5.50. The summed E-state index contributed by atoms with van der Waals surface area (Å²) in [5.41, 5.74) is 1.02. The van der Waals surface area contributed by atoms with E-state index < -0.39 is 21.5 Å². The first kappa shape index (κ1) is 19.9. The maximum absolute atomic E-state index is 12.7. The smallest absolute Gasteiger partial charge is 0.295 e. The Morgan fingerprint density at radius 3 is 2.46 bits per heavy atom. The Balaban J connectivity index is 1.95. The molecule has 1 aromatic carbocycles. The molecule has 2 aromatic heterocycles. The number of hydrogen-bond acceptors (Lipinski definition) is 6. The SMILES string of the molecule is Cc1cc(C)n2nc(C(=O)Nc3ccccc3S(=O)(=O)NC(C)(C)C)nc2n1. The van der Waals surface area contributed by atoms with Crippen LogP contribution >= 0.6 is 0 Å². The minimum Gasteiger partial charge on any atom is -0.318 e. The van der Waals surface area contributed by atoms with Crippen LogP contribution in [-0.2, 0) is 10.0 Å². The van der Waals surface area contributed by atoms with Gasteiger partial charge in [0.15, 0.2) is 0 Å². The van der Waals surface area contributed by atoms with Gasteiger partial charge in [0.05, 0.1) is 5.69 Å².